The van der Waals surface area contributed by atoms with Crippen LogP contribution in [-0.4, -0.2) is 40.5 Å². The fourth-order valence-electron chi connectivity index (χ4n) is 1.53. The number of hydrogen-bond acceptors (Lipinski definition) is 4. The van der Waals surface area contributed by atoms with E-state index in [1.807, 2.05) is 0 Å². The molecule has 0 saturated heterocycles. The zero-order valence-corrected chi connectivity index (χ0v) is 12.7. The number of halogens is 2. The van der Waals surface area contributed by atoms with Gasteiger partial charge < -0.3 is 15.4 Å². The molecule has 0 spiro atoms. The van der Waals surface area contributed by atoms with Gasteiger partial charge in [-0.2, -0.15) is 5.10 Å². The number of rotatable bonds is 6. The Bertz CT molecular complexity index is 469. The Morgan fingerprint density at radius 3 is 2.57 bits per heavy atom. The topological polar surface area (TPSA) is 68.2 Å². The summed E-state index contributed by atoms with van der Waals surface area (Å²) in [6.07, 6.45) is 2.49. The van der Waals surface area contributed by atoms with Crippen LogP contribution in [0.2, 0.25) is 0 Å². The first-order valence-corrected chi connectivity index (χ1v) is 6.60. The summed E-state index contributed by atoms with van der Waals surface area (Å²) in [6.45, 7) is 3.97. The molecule has 0 aliphatic carbocycles. The van der Waals surface area contributed by atoms with Crippen LogP contribution >= 0.6 is 0 Å². The number of nitrogens with zero attached hydrogens (tertiary/aromatic N) is 2. The van der Waals surface area contributed by atoms with Gasteiger partial charge >= 0.3 is 6.09 Å². The molecular weight excluding hydrogens is 282 g/mol. The molecule has 0 unspecified atom stereocenters. The van der Waals surface area contributed by atoms with Crippen molar-refractivity contribution < 1.29 is 18.3 Å². The van der Waals surface area contributed by atoms with Gasteiger partial charge in [0, 0.05) is 25.4 Å². The third kappa shape index (κ3) is 7.60. The van der Waals surface area contributed by atoms with Gasteiger partial charge in [0.1, 0.15) is 5.60 Å². The van der Waals surface area contributed by atoms with Crippen LogP contribution in [0.25, 0.3) is 0 Å². The normalized spacial score (nSPS) is 12.3. The number of ether oxygens (including phenoxy) is 1. The van der Waals surface area contributed by atoms with Crippen LogP contribution < -0.4 is 10.6 Å². The molecule has 0 fully saturated rings. The Morgan fingerprint density at radius 2 is 2.05 bits per heavy atom. The van der Waals surface area contributed by atoms with Crippen molar-refractivity contribution in [3.8, 4) is 0 Å². The van der Waals surface area contributed by atoms with Gasteiger partial charge in [-0.1, -0.05) is 0 Å². The molecule has 120 valence electrons. The molecule has 21 heavy (non-hydrogen) atoms. The molecule has 1 aromatic heterocycles. The van der Waals surface area contributed by atoms with Gasteiger partial charge in [-0.05, 0) is 20.8 Å². The minimum atomic E-state index is -3.06. The Labute approximate surface area is 122 Å². The minimum absolute atomic E-state index is 0.288. The molecule has 1 aromatic rings. The van der Waals surface area contributed by atoms with Crippen molar-refractivity contribution in [3.63, 3.8) is 0 Å². The van der Waals surface area contributed by atoms with Crippen molar-refractivity contribution >= 4 is 6.09 Å². The Hall–Kier alpha value is -1.70. The molecule has 0 radical (unpaired) electrons. The maximum absolute atomic E-state index is 13.6. The van der Waals surface area contributed by atoms with Crippen LogP contribution in [0.3, 0.4) is 0 Å². The number of carbonyl (C=O) groups excluding carboxylic acids is 1. The van der Waals surface area contributed by atoms with E-state index in [-0.39, 0.29) is 6.54 Å². The average molecular weight is 304 g/mol. The molecule has 1 heterocycles. The van der Waals surface area contributed by atoms with E-state index in [4.69, 9.17) is 4.74 Å². The second kappa shape index (κ2) is 6.84. The highest BCUT2D eigenvalue weighted by Gasteiger charge is 2.30. The van der Waals surface area contributed by atoms with E-state index < -0.39 is 30.7 Å². The zero-order valence-electron chi connectivity index (χ0n) is 12.7. The number of nitrogens with one attached hydrogen (secondary N) is 2. The summed E-state index contributed by atoms with van der Waals surface area (Å²) in [6, 6.07) is 0. The second-order valence-electron chi connectivity index (χ2n) is 5.84. The quantitative estimate of drug-likeness (QED) is 0.839. The zero-order chi connectivity index (χ0) is 16.1. The van der Waals surface area contributed by atoms with Gasteiger partial charge in [-0.25, -0.2) is 13.6 Å². The van der Waals surface area contributed by atoms with Crippen LogP contribution in [0.1, 0.15) is 26.3 Å². The van der Waals surface area contributed by atoms with Gasteiger partial charge in [0.15, 0.2) is 0 Å². The lowest BCUT2D eigenvalue weighted by Crippen LogP contribution is -2.44. The first-order chi connectivity index (χ1) is 9.57. The summed E-state index contributed by atoms with van der Waals surface area (Å²) < 4.78 is 33.6. The molecule has 0 aliphatic heterocycles. The maximum Gasteiger partial charge on any atom is 0.407 e. The van der Waals surface area contributed by atoms with Crippen molar-refractivity contribution in [2.75, 3.05) is 13.1 Å². The van der Waals surface area contributed by atoms with Gasteiger partial charge in [-0.15, -0.1) is 0 Å². The molecule has 0 aliphatic rings. The lowest BCUT2D eigenvalue weighted by atomic mass is 10.2. The monoisotopic (exact) mass is 304 g/mol. The van der Waals surface area contributed by atoms with E-state index in [9.17, 15) is 13.6 Å². The number of aromatic nitrogens is 2. The third-order valence-electron chi connectivity index (χ3n) is 2.36. The largest absolute Gasteiger partial charge is 0.444 e. The summed E-state index contributed by atoms with van der Waals surface area (Å²) in [5, 5.41) is 8.64. The summed E-state index contributed by atoms with van der Waals surface area (Å²) in [5.41, 5.74) is 0.103. The van der Waals surface area contributed by atoms with Gasteiger partial charge in [0.2, 0.25) is 0 Å². The number of carbonyl (C=O) groups is 1. The molecule has 0 bridgehead atoms. The van der Waals surface area contributed by atoms with Crippen molar-refractivity contribution in [1.82, 2.24) is 20.4 Å². The molecule has 0 atom stereocenters. The Kier molecular flexibility index (Phi) is 5.65. The third-order valence-corrected chi connectivity index (χ3v) is 2.36. The van der Waals surface area contributed by atoms with E-state index in [1.165, 1.54) is 0 Å². The second-order valence-corrected chi connectivity index (χ2v) is 5.84. The molecule has 0 aromatic carbocycles. The Morgan fingerprint density at radius 1 is 1.38 bits per heavy atom. The lowest BCUT2D eigenvalue weighted by molar-refractivity contribution is -0.00376. The molecule has 1 amide bonds. The van der Waals surface area contributed by atoms with E-state index in [0.29, 0.717) is 0 Å². The first kappa shape index (κ1) is 17.4. The fourth-order valence-corrected chi connectivity index (χ4v) is 1.53. The average Bonchev–Trinajstić information content (AvgIpc) is 2.70. The standard InChI is InChI=1S/C13H22F2N4O2/c1-12(2,3)21-11(20)17-9-13(14,15)8-16-5-10-6-18-19(4)7-10/h6-7,16H,5,8-9H2,1-4H3,(H,17,20). The molecule has 6 nitrogen and oxygen atoms in total. The van der Waals surface area contributed by atoms with Crippen LogP contribution in [-0.2, 0) is 18.3 Å². The highest BCUT2D eigenvalue weighted by Crippen LogP contribution is 2.12. The number of alkyl halides is 2. The van der Waals surface area contributed by atoms with Crippen molar-refractivity contribution in [2.24, 2.45) is 7.05 Å². The molecule has 1 rings (SSSR count). The van der Waals surface area contributed by atoms with Crippen molar-refractivity contribution in [3.05, 3.63) is 18.0 Å². The van der Waals surface area contributed by atoms with E-state index in [0.717, 1.165) is 5.56 Å². The number of amides is 1. The van der Waals surface area contributed by atoms with E-state index >= 15 is 0 Å². The van der Waals surface area contributed by atoms with Crippen molar-refractivity contribution in [1.29, 1.82) is 0 Å². The van der Waals surface area contributed by atoms with Gasteiger partial charge in [0.05, 0.1) is 19.3 Å². The fraction of sp³-hybridized carbons (Fsp3) is 0.692. The first-order valence-electron chi connectivity index (χ1n) is 6.60. The van der Waals surface area contributed by atoms with E-state index in [2.05, 4.69) is 15.7 Å². The predicted octanol–water partition coefficient (Wildman–Crippen LogP) is 1.67. The molecular formula is C13H22F2N4O2. The molecule has 0 saturated carbocycles. The lowest BCUT2D eigenvalue weighted by Gasteiger charge is -2.22. The highest BCUT2D eigenvalue weighted by molar-refractivity contribution is 5.67. The predicted molar refractivity (Wildman–Crippen MR) is 74.1 cm³/mol. The smallest absolute Gasteiger partial charge is 0.407 e. The number of aryl methyl sites for hydroxylation is 1. The minimum Gasteiger partial charge on any atom is -0.444 e. The highest BCUT2D eigenvalue weighted by atomic mass is 19.3. The van der Waals surface area contributed by atoms with Crippen LogP contribution in [0.15, 0.2) is 12.4 Å². The SMILES string of the molecule is Cn1cc(CNCC(F)(F)CNC(=O)OC(C)(C)C)cn1. The number of hydrogen-bond donors (Lipinski definition) is 2. The molecule has 8 heteroatoms. The van der Waals surface area contributed by atoms with Crippen molar-refractivity contribution in [2.45, 2.75) is 38.8 Å². The van der Waals surface area contributed by atoms with Crippen LogP contribution in [0.5, 0.6) is 0 Å². The summed E-state index contributed by atoms with van der Waals surface area (Å²) in [5.74, 6) is -3.06. The summed E-state index contributed by atoms with van der Waals surface area (Å²) in [7, 11) is 1.75. The summed E-state index contributed by atoms with van der Waals surface area (Å²) in [4.78, 5) is 11.3. The maximum atomic E-state index is 13.6. The molecule has 2 N–H and O–H groups in total. The van der Waals surface area contributed by atoms with Crippen LogP contribution in [0.4, 0.5) is 13.6 Å². The Balaban J connectivity index is 2.28. The van der Waals surface area contributed by atoms with Gasteiger partial charge in [-0.3, -0.25) is 4.68 Å². The van der Waals surface area contributed by atoms with Crippen LogP contribution in [0, 0.1) is 0 Å². The number of alkyl carbamates (subject to hydrolysis) is 1. The van der Waals surface area contributed by atoms with Gasteiger partial charge in [0.25, 0.3) is 5.92 Å². The van der Waals surface area contributed by atoms with E-state index in [1.54, 1.807) is 44.9 Å². The summed E-state index contributed by atoms with van der Waals surface area (Å²) >= 11 is 0.